The number of likely N-dealkylation sites (N-methyl/N-ethyl adjacent to an activating group) is 1. The van der Waals surface area contributed by atoms with E-state index in [1.807, 2.05) is 0 Å². The monoisotopic (exact) mass is 305 g/mol. The Morgan fingerprint density at radius 3 is 2.86 bits per heavy atom. The van der Waals surface area contributed by atoms with Gasteiger partial charge < -0.3 is 10.1 Å². The summed E-state index contributed by atoms with van der Waals surface area (Å²) in [4.78, 5) is 0. The minimum Gasteiger partial charge on any atom is -0.493 e. The van der Waals surface area contributed by atoms with Crippen molar-refractivity contribution in [3.05, 3.63) is 28.3 Å². The van der Waals surface area contributed by atoms with Gasteiger partial charge in [0, 0.05) is 17.5 Å². The van der Waals surface area contributed by atoms with Crippen molar-refractivity contribution in [2.45, 2.75) is 45.1 Å². The second-order valence-corrected chi connectivity index (χ2v) is 7.44. The number of halogens is 1. The quantitative estimate of drug-likeness (QED) is 0.892. The third-order valence-electron chi connectivity index (χ3n) is 5.58. The second kappa shape index (κ2) is 5.48. The van der Waals surface area contributed by atoms with E-state index >= 15 is 0 Å². The maximum absolute atomic E-state index is 6.30. The molecule has 0 amide bonds. The van der Waals surface area contributed by atoms with E-state index in [0.29, 0.717) is 6.04 Å². The molecule has 4 rings (SSSR count). The van der Waals surface area contributed by atoms with Gasteiger partial charge >= 0.3 is 0 Å². The number of rotatable bonds is 5. The van der Waals surface area contributed by atoms with Gasteiger partial charge in [-0.15, -0.1) is 0 Å². The Bertz CT molecular complexity index is 534. The summed E-state index contributed by atoms with van der Waals surface area (Å²) >= 11 is 6.30. The molecule has 3 atom stereocenters. The molecule has 2 nitrogen and oxygen atoms in total. The highest BCUT2D eigenvalue weighted by molar-refractivity contribution is 6.30. The number of hydrogen-bond acceptors (Lipinski definition) is 2. The van der Waals surface area contributed by atoms with Crippen molar-refractivity contribution < 1.29 is 4.74 Å². The van der Waals surface area contributed by atoms with E-state index < -0.39 is 0 Å². The van der Waals surface area contributed by atoms with Crippen LogP contribution >= 0.6 is 11.6 Å². The lowest BCUT2D eigenvalue weighted by atomic mass is 9.89. The molecule has 3 aliphatic rings. The second-order valence-electron chi connectivity index (χ2n) is 7.01. The van der Waals surface area contributed by atoms with E-state index in [1.54, 1.807) is 0 Å². The van der Waals surface area contributed by atoms with Crippen LogP contribution in [0, 0.1) is 17.8 Å². The van der Waals surface area contributed by atoms with Crippen LogP contribution in [0.15, 0.2) is 12.1 Å². The molecule has 0 aromatic heterocycles. The molecule has 3 heteroatoms. The topological polar surface area (TPSA) is 21.3 Å². The van der Waals surface area contributed by atoms with Crippen LogP contribution in [0.4, 0.5) is 0 Å². The Hall–Kier alpha value is -0.730. The minimum absolute atomic E-state index is 0.578. The molecule has 1 heterocycles. The van der Waals surface area contributed by atoms with Gasteiger partial charge in [0.2, 0.25) is 0 Å². The van der Waals surface area contributed by atoms with Crippen LogP contribution < -0.4 is 10.1 Å². The number of hydrogen-bond donors (Lipinski definition) is 1. The molecule has 0 saturated heterocycles. The zero-order valence-corrected chi connectivity index (χ0v) is 13.5. The Balaban J connectivity index is 1.55. The first-order valence-corrected chi connectivity index (χ1v) is 8.80. The smallest absolute Gasteiger partial charge is 0.125 e. The van der Waals surface area contributed by atoms with E-state index in [1.165, 1.54) is 30.4 Å². The molecule has 21 heavy (non-hydrogen) atoms. The molecule has 0 radical (unpaired) electrons. The summed E-state index contributed by atoms with van der Waals surface area (Å²) in [6.45, 7) is 4.06. The summed E-state index contributed by atoms with van der Waals surface area (Å²) < 4.78 is 5.87. The normalized spacial score (nSPS) is 30.7. The molecule has 1 aromatic carbocycles. The summed E-state index contributed by atoms with van der Waals surface area (Å²) in [6.07, 6.45) is 6.39. The molecular formula is C18H24ClNO. The fraction of sp³-hybridized carbons (Fsp3) is 0.667. The number of ether oxygens (including phenoxy) is 1. The summed E-state index contributed by atoms with van der Waals surface area (Å²) in [6, 6.07) is 4.76. The average Bonchev–Trinajstić information content (AvgIpc) is 2.89. The molecule has 2 fully saturated rings. The van der Waals surface area contributed by atoms with Gasteiger partial charge in [-0.2, -0.15) is 0 Å². The first kappa shape index (κ1) is 13.9. The Labute approximate surface area is 132 Å². The van der Waals surface area contributed by atoms with Crippen LogP contribution in [-0.4, -0.2) is 19.2 Å². The van der Waals surface area contributed by atoms with Crippen molar-refractivity contribution in [2.75, 3.05) is 13.2 Å². The lowest BCUT2D eigenvalue weighted by molar-refractivity contribution is 0.325. The van der Waals surface area contributed by atoms with Gasteiger partial charge in [-0.25, -0.2) is 0 Å². The van der Waals surface area contributed by atoms with Gasteiger partial charge in [0.1, 0.15) is 5.75 Å². The first-order valence-electron chi connectivity index (χ1n) is 8.42. The maximum Gasteiger partial charge on any atom is 0.125 e. The molecular weight excluding hydrogens is 282 g/mol. The van der Waals surface area contributed by atoms with Crippen molar-refractivity contribution >= 4 is 11.6 Å². The number of fused-ring (bicyclic) bond motifs is 2. The van der Waals surface area contributed by atoms with Crippen molar-refractivity contribution in [2.24, 2.45) is 17.8 Å². The fourth-order valence-corrected chi connectivity index (χ4v) is 4.76. The van der Waals surface area contributed by atoms with Crippen molar-refractivity contribution in [3.63, 3.8) is 0 Å². The predicted octanol–water partition coefficient (Wildman–Crippen LogP) is 3.84. The van der Waals surface area contributed by atoms with Crippen LogP contribution in [-0.2, 0) is 12.8 Å². The van der Waals surface area contributed by atoms with Gasteiger partial charge in [0.15, 0.2) is 0 Å². The molecule has 114 valence electrons. The zero-order chi connectivity index (χ0) is 14.4. The first-order chi connectivity index (χ1) is 10.2. The lowest BCUT2D eigenvalue weighted by Gasteiger charge is -2.26. The summed E-state index contributed by atoms with van der Waals surface area (Å²) in [5.74, 6) is 4.03. The SMILES string of the molecule is CCNC(Cc1cc(Cl)cc2c1OCC2)C1CC2CC2C1. The number of benzene rings is 1. The highest BCUT2D eigenvalue weighted by Crippen LogP contribution is 2.55. The summed E-state index contributed by atoms with van der Waals surface area (Å²) in [5.41, 5.74) is 2.60. The molecule has 2 saturated carbocycles. The maximum atomic E-state index is 6.30. The minimum atomic E-state index is 0.578. The Morgan fingerprint density at radius 1 is 1.29 bits per heavy atom. The molecule has 3 unspecified atom stereocenters. The highest BCUT2D eigenvalue weighted by Gasteiger charge is 2.47. The van der Waals surface area contributed by atoms with E-state index in [2.05, 4.69) is 24.4 Å². The van der Waals surface area contributed by atoms with Gasteiger partial charge in [-0.3, -0.25) is 0 Å². The third-order valence-corrected chi connectivity index (χ3v) is 5.80. The standard InChI is InChI=1S/C18H24ClNO/c1-2-20-17(14-6-12-5-13(12)7-14)10-15-9-16(19)8-11-3-4-21-18(11)15/h8-9,12-14,17,20H,2-7,10H2,1H3. The zero-order valence-electron chi connectivity index (χ0n) is 12.7. The van der Waals surface area contributed by atoms with Gasteiger partial charge in [0.05, 0.1) is 6.61 Å². The van der Waals surface area contributed by atoms with Crippen molar-refractivity contribution in [3.8, 4) is 5.75 Å². The van der Waals surface area contributed by atoms with Crippen molar-refractivity contribution in [1.29, 1.82) is 0 Å². The molecule has 0 bridgehead atoms. The van der Waals surface area contributed by atoms with Gasteiger partial charge in [0.25, 0.3) is 0 Å². The van der Waals surface area contributed by atoms with Gasteiger partial charge in [-0.1, -0.05) is 18.5 Å². The van der Waals surface area contributed by atoms with E-state index in [0.717, 1.165) is 54.5 Å². The average molecular weight is 306 g/mol. The third kappa shape index (κ3) is 2.68. The predicted molar refractivity (Wildman–Crippen MR) is 86.1 cm³/mol. The van der Waals surface area contributed by atoms with Crippen LogP contribution in [0.1, 0.15) is 37.3 Å². The Morgan fingerprint density at radius 2 is 2.10 bits per heavy atom. The largest absolute Gasteiger partial charge is 0.493 e. The van der Waals surface area contributed by atoms with E-state index in [4.69, 9.17) is 16.3 Å². The highest BCUT2D eigenvalue weighted by atomic mass is 35.5. The van der Waals surface area contributed by atoms with Crippen LogP contribution in [0.5, 0.6) is 5.75 Å². The van der Waals surface area contributed by atoms with Gasteiger partial charge in [-0.05, 0) is 73.2 Å². The molecule has 2 aliphatic carbocycles. The van der Waals surface area contributed by atoms with E-state index in [-0.39, 0.29) is 0 Å². The summed E-state index contributed by atoms with van der Waals surface area (Å²) in [5, 5.41) is 4.59. The molecule has 1 N–H and O–H groups in total. The molecule has 0 spiro atoms. The molecule has 1 aliphatic heterocycles. The fourth-order valence-electron chi connectivity index (χ4n) is 4.49. The lowest BCUT2D eigenvalue weighted by Crippen LogP contribution is -2.37. The Kier molecular flexibility index (Phi) is 3.63. The molecule has 1 aromatic rings. The number of nitrogens with one attached hydrogen (secondary N) is 1. The van der Waals surface area contributed by atoms with Crippen molar-refractivity contribution in [1.82, 2.24) is 5.32 Å². The van der Waals surface area contributed by atoms with Crippen LogP contribution in [0.2, 0.25) is 5.02 Å². The van der Waals surface area contributed by atoms with Crippen LogP contribution in [0.25, 0.3) is 0 Å². The van der Waals surface area contributed by atoms with Crippen LogP contribution in [0.3, 0.4) is 0 Å². The summed E-state index contributed by atoms with van der Waals surface area (Å²) in [7, 11) is 0. The van der Waals surface area contributed by atoms with E-state index in [9.17, 15) is 0 Å².